The van der Waals surface area contributed by atoms with Gasteiger partial charge in [0, 0.05) is 39.4 Å². The van der Waals surface area contributed by atoms with Crippen LogP contribution in [-0.4, -0.2) is 45.8 Å². The average molecular weight is 402 g/mol. The summed E-state index contributed by atoms with van der Waals surface area (Å²) in [6.45, 7) is 1.36. The highest BCUT2D eigenvalue weighted by atomic mass is 32.2. The van der Waals surface area contributed by atoms with Crippen molar-refractivity contribution < 1.29 is 13.2 Å². The molecule has 0 aromatic heterocycles. The van der Waals surface area contributed by atoms with Gasteiger partial charge in [0.1, 0.15) is 0 Å². The lowest BCUT2D eigenvalue weighted by atomic mass is 10.1. The number of nitrogens with one attached hydrogen (secondary N) is 1. The van der Waals surface area contributed by atoms with Gasteiger partial charge in [-0.2, -0.15) is 4.31 Å². The summed E-state index contributed by atoms with van der Waals surface area (Å²) < 4.78 is 27.5. The molecule has 6 nitrogen and oxygen atoms in total. The summed E-state index contributed by atoms with van der Waals surface area (Å²) in [4.78, 5) is 14.8. The minimum atomic E-state index is -3.67. The number of anilines is 1. The maximum absolute atomic E-state index is 13.0. The van der Waals surface area contributed by atoms with Crippen LogP contribution in [0.25, 0.3) is 0 Å². The van der Waals surface area contributed by atoms with E-state index in [1.165, 1.54) is 10.4 Å². The second-order valence-corrected chi connectivity index (χ2v) is 9.11. The first-order valence-electron chi connectivity index (χ1n) is 9.53. The molecule has 0 radical (unpaired) electrons. The summed E-state index contributed by atoms with van der Waals surface area (Å²) in [7, 11) is 0.269. The van der Waals surface area contributed by atoms with Crippen molar-refractivity contribution in [3.8, 4) is 0 Å². The third-order valence-electron chi connectivity index (χ3n) is 4.97. The first kappa shape index (κ1) is 20.4. The van der Waals surface area contributed by atoms with E-state index in [0.717, 1.165) is 30.5 Å². The third kappa shape index (κ3) is 4.54. The highest BCUT2D eigenvalue weighted by Crippen LogP contribution is 2.23. The SMILES string of the molecule is CN(C)c1ccc(CNC(=O)c2ccccc2S(=O)(=O)N2CCCCC2)cc1. The van der Waals surface area contributed by atoms with Crippen LogP contribution in [0.3, 0.4) is 0 Å². The number of benzene rings is 2. The monoisotopic (exact) mass is 401 g/mol. The fourth-order valence-corrected chi connectivity index (χ4v) is 5.02. The van der Waals surface area contributed by atoms with Crippen LogP contribution in [0.1, 0.15) is 35.2 Å². The van der Waals surface area contributed by atoms with Crippen molar-refractivity contribution in [2.24, 2.45) is 0 Å². The molecule has 28 heavy (non-hydrogen) atoms. The molecule has 0 atom stereocenters. The molecule has 1 saturated heterocycles. The molecular weight excluding hydrogens is 374 g/mol. The Bertz CT molecular complexity index is 918. The lowest BCUT2D eigenvalue weighted by Gasteiger charge is -2.26. The van der Waals surface area contributed by atoms with E-state index in [1.807, 2.05) is 43.3 Å². The number of carbonyl (C=O) groups is 1. The van der Waals surface area contributed by atoms with Crippen molar-refractivity contribution in [1.82, 2.24) is 9.62 Å². The van der Waals surface area contributed by atoms with Crippen LogP contribution in [0.2, 0.25) is 0 Å². The smallest absolute Gasteiger partial charge is 0.252 e. The largest absolute Gasteiger partial charge is 0.378 e. The molecule has 1 aliphatic rings. The normalized spacial score (nSPS) is 15.2. The van der Waals surface area contributed by atoms with Gasteiger partial charge in [-0.25, -0.2) is 8.42 Å². The van der Waals surface area contributed by atoms with Crippen LogP contribution < -0.4 is 10.2 Å². The zero-order valence-electron chi connectivity index (χ0n) is 16.4. The Morgan fingerprint density at radius 3 is 2.29 bits per heavy atom. The van der Waals surface area contributed by atoms with E-state index in [2.05, 4.69) is 5.32 Å². The molecule has 3 rings (SSSR count). The number of piperidine rings is 1. The van der Waals surface area contributed by atoms with Gasteiger partial charge < -0.3 is 10.2 Å². The van der Waals surface area contributed by atoms with Gasteiger partial charge in [-0.1, -0.05) is 30.7 Å². The lowest BCUT2D eigenvalue weighted by molar-refractivity contribution is 0.0947. The number of hydrogen-bond acceptors (Lipinski definition) is 4. The second-order valence-electron chi connectivity index (χ2n) is 7.20. The molecule has 0 spiro atoms. The maximum atomic E-state index is 13.0. The number of carbonyl (C=O) groups excluding carboxylic acids is 1. The quantitative estimate of drug-likeness (QED) is 0.808. The number of nitrogens with zero attached hydrogens (tertiary/aromatic N) is 2. The van der Waals surface area contributed by atoms with Crippen molar-refractivity contribution in [3.63, 3.8) is 0 Å². The molecule has 1 fully saturated rings. The van der Waals surface area contributed by atoms with E-state index >= 15 is 0 Å². The number of hydrogen-bond donors (Lipinski definition) is 1. The Hall–Kier alpha value is -2.38. The van der Waals surface area contributed by atoms with E-state index < -0.39 is 10.0 Å². The molecule has 0 aliphatic carbocycles. The number of amides is 1. The Labute approximate surface area is 167 Å². The van der Waals surface area contributed by atoms with Gasteiger partial charge in [-0.15, -0.1) is 0 Å². The Morgan fingerprint density at radius 2 is 1.64 bits per heavy atom. The fraction of sp³-hybridized carbons (Fsp3) is 0.381. The summed E-state index contributed by atoms with van der Waals surface area (Å²) in [5.74, 6) is -0.382. The summed E-state index contributed by atoms with van der Waals surface area (Å²) in [6.07, 6.45) is 2.76. The van der Waals surface area contributed by atoms with Gasteiger partial charge in [0.15, 0.2) is 0 Å². The fourth-order valence-electron chi connectivity index (χ4n) is 3.31. The maximum Gasteiger partial charge on any atom is 0.252 e. The number of rotatable bonds is 6. The molecule has 2 aromatic rings. The standard InChI is InChI=1S/C21H27N3O3S/c1-23(2)18-12-10-17(11-13-18)16-22-21(25)19-8-4-5-9-20(19)28(26,27)24-14-6-3-7-15-24/h4-5,8-13H,3,6-7,14-16H2,1-2H3,(H,22,25). The van der Waals surface area contributed by atoms with Crippen LogP contribution >= 0.6 is 0 Å². The van der Waals surface area contributed by atoms with Crippen LogP contribution in [0.15, 0.2) is 53.4 Å². The van der Waals surface area contributed by atoms with Crippen molar-refractivity contribution in [2.75, 3.05) is 32.1 Å². The van der Waals surface area contributed by atoms with Gasteiger partial charge in [-0.3, -0.25) is 4.79 Å². The first-order valence-corrected chi connectivity index (χ1v) is 11.0. The third-order valence-corrected chi connectivity index (χ3v) is 6.93. The van der Waals surface area contributed by atoms with Crippen molar-refractivity contribution in [2.45, 2.75) is 30.7 Å². The predicted octanol–water partition coefficient (Wildman–Crippen LogP) is 2.86. The van der Waals surface area contributed by atoms with Crippen LogP contribution in [0, 0.1) is 0 Å². The van der Waals surface area contributed by atoms with Crippen molar-refractivity contribution >= 4 is 21.6 Å². The molecule has 1 aliphatic heterocycles. The molecule has 2 aromatic carbocycles. The molecule has 0 bridgehead atoms. The van der Waals surface area contributed by atoms with E-state index in [4.69, 9.17) is 0 Å². The molecule has 0 unspecified atom stereocenters. The molecule has 1 N–H and O–H groups in total. The van der Waals surface area contributed by atoms with Gasteiger partial charge in [0.25, 0.3) is 5.91 Å². The molecule has 7 heteroatoms. The first-order chi connectivity index (χ1) is 13.4. The van der Waals surface area contributed by atoms with E-state index in [0.29, 0.717) is 19.6 Å². The van der Waals surface area contributed by atoms with Crippen molar-refractivity contribution in [1.29, 1.82) is 0 Å². The second kappa shape index (κ2) is 8.75. The summed E-state index contributed by atoms with van der Waals surface area (Å²) >= 11 is 0. The van der Waals surface area contributed by atoms with E-state index in [-0.39, 0.29) is 16.4 Å². The van der Waals surface area contributed by atoms with Crippen LogP contribution in [0.5, 0.6) is 0 Å². The lowest BCUT2D eigenvalue weighted by Crippen LogP contribution is -2.37. The van der Waals surface area contributed by atoms with E-state index in [1.54, 1.807) is 18.2 Å². The Morgan fingerprint density at radius 1 is 1.00 bits per heavy atom. The van der Waals surface area contributed by atoms with Crippen LogP contribution in [-0.2, 0) is 16.6 Å². The molecule has 1 amide bonds. The van der Waals surface area contributed by atoms with Gasteiger partial charge in [-0.05, 0) is 42.7 Å². The molecule has 1 heterocycles. The van der Waals surface area contributed by atoms with Gasteiger partial charge in [0.05, 0.1) is 10.5 Å². The van der Waals surface area contributed by atoms with Crippen molar-refractivity contribution in [3.05, 3.63) is 59.7 Å². The number of sulfonamides is 1. The zero-order valence-corrected chi connectivity index (χ0v) is 17.2. The van der Waals surface area contributed by atoms with Gasteiger partial charge >= 0.3 is 0 Å². The van der Waals surface area contributed by atoms with Crippen LogP contribution in [0.4, 0.5) is 5.69 Å². The minimum Gasteiger partial charge on any atom is -0.378 e. The topological polar surface area (TPSA) is 69.7 Å². The Kier molecular flexibility index (Phi) is 6.36. The van der Waals surface area contributed by atoms with E-state index in [9.17, 15) is 13.2 Å². The summed E-state index contributed by atoms with van der Waals surface area (Å²) in [6, 6.07) is 14.3. The highest BCUT2D eigenvalue weighted by molar-refractivity contribution is 7.89. The minimum absolute atomic E-state index is 0.0809. The predicted molar refractivity (Wildman–Crippen MR) is 111 cm³/mol. The summed E-state index contributed by atoms with van der Waals surface area (Å²) in [5.41, 5.74) is 2.22. The molecule has 0 saturated carbocycles. The zero-order chi connectivity index (χ0) is 20.1. The Balaban J connectivity index is 1.75. The summed E-state index contributed by atoms with van der Waals surface area (Å²) in [5, 5.41) is 2.84. The molecular formula is C21H27N3O3S. The van der Waals surface area contributed by atoms with Gasteiger partial charge in [0.2, 0.25) is 10.0 Å². The molecule has 150 valence electrons. The average Bonchev–Trinajstić information content (AvgIpc) is 2.73. The highest BCUT2D eigenvalue weighted by Gasteiger charge is 2.29.